The molecule has 4 heteroatoms. The zero-order chi connectivity index (χ0) is 18.8. The summed E-state index contributed by atoms with van der Waals surface area (Å²) in [5.41, 5.74) is 0.630. The molecule has 1 unspecified atom stereocenters. The van der Waals surface area contributed by atoms with Crippen LogP contribution in [0.5, 0.6) is 0 Å². The number of hydrogen-bond acceptors (Lipinski definition) is 4. The van der Waals surface area contributed by atoms with Gasteiger partial charge in [-0.1, -0.05) is 33.1 Å². The molecule has 26 heavy (non-hydrogen) atoms. The maximum absolute atomic E-state index is 5.62. The summed E-state index contributed by atoms with van der Waals surface area (Å²) in [6.07, 6.45) is 9.97. The molecule has 0 radical (unpaired) electrons. The molecule has 0 aromatic heterocycles. The quantitative estimate of drug-likeness (QED) is 0.419. The first kappa shape index (κ1) is 22.5. The van der Waals surface area contributed by atoms with Crippen molar-refractivity contribution in [3.8, 4) is 0 Å². The van der Waals surface area contributed by atoms with Crippen molar-refractivity contribution < 1.29 is 4.74 Å². The van der Waals surface area contributed by atoms with Crippen LogP contribution in [0.1, 0.15) is 72.6 Å². The first-order valence-corrected chi connectivity index (χ1v) is 12.3. The summed E-state index contributed by atoms with van der Waals surface area (Å²) in [5, 5.41) is 0.790. The lowest BCUT2D eigenvalue weighted by Crippen LogP contribution is -2.33. The molecular formula is C22H44N2OS. The Hall–Kier alpha value is 0.230. The lowest BCUT2D eigenvalue weighted by molar-refractivity contribution is 0.0756. The van der Waals surface area contributed by atoms with Crippen molar-refractivity contribution >= 4 is 11.8 Å². The largest absolute Gasteiger partial charge is 0.379 e. The van der Waals surface area contributed by atoms with E-state index < -0.39 is 0 Å². The van der Waals surface area contributed by atoms with Gasteiger partial charge in [0.05, 0.1) is 6.10 Å². The van der Waals surface area contributed by atoms with E-state index in [9.17, 15) is 0 Å². The summed E-state index contributed by atoms with van der Waals surface area (Å²) >= 11 is 2.11. The van der Waals surface area contributed by atoms with E-state index in [0.717, 1.165) is 11.9 Å². The predicted molar refractivity (Wildman–Crippen MR) is 116 cm³/mol. The molecule has 1 spiro atoms. The Balaban J connectivity index is 1.52. The van der Waals surface area contributed by atoms with Crippen molar-refractivity contribution in [1.82, 2.24) is 9.80 Å². The van der Waals surface area contributed by atoms with Gasteiger partial charge in [0, 0.05) is 31.5 Å². The summed E-state index contributed by atoms with van der Waals surface area (Å²) in [7, 11) is 0. The van der Waals surface area contributed by atoms with Crippen molar-refractivity contribution in [1.29, 1.82) is 0 Å². The van der Waals surface area contributed by atoms with Gasteiger partial charge in [0.25, 0.3) is 0 Å². The van der Waals surface area contributed by atoms with Gasteiger partial charge in [-0.25, -0.2) is 0 Å². The number of ether oxygens (including phenoxy) is 1. The standard InChI is InChI=1S/C22H44N2OS/c1-5-26-21(4)17-24-15-12-22(19-24)11-14-23(18-22)13-9-7-6-8-10-16-25-20(2)3/h20-21H,5-19H2,1-4H3/t21-,22?/m0/s1. The van der Waals surface area contributed by atoms with Crippen LogP contribution >= 0.6 is 11.8 Å². The van der Waals surface area contributed by atoms with Crippen molar-refractivity contribution in [2.24, 2.45) is 5.41 Å². The van der Waals surface area contributed by atoms with Crippen LogP contribution in [0, 0.1) is 5.41 Å². The van der Waals surface area contributed by atoms with Crippen molar-refractivity contribution in [3.05, 3.63) is 0 Å². The van der Waals surface area contributed by atoms with Gasteiger partial charge in [0.2, 0.25) is 0 Å². The Morgan fingerprint density at radius 3 is 2.31 bits per heavy atom. The molecule has 2 rings (SSSR count). The fourth-order valence-corrected chi connectivity index (χ4v) is 5.61. The normalized spacial score (nSPS) is 25.7. The molecule has 2 aliphatic rings. The van der Waals surface area contributed by atoms with Crippen molar-refractivity contribution in [2.45, 2.75) is 84.0 Å². The average molecular weight is 385 g/mol. The molecule has 0 aromatic rings. The van der Waals surface area contributed by atoms with E-state index >= 15 is 0 Å². The lowest BCUT2D eigenvalue weighted by Gasteiger charge is -2.26. The van der Waals surface area contributed by atoms with Crippen molar-refractivity contribution in [2.75, 3.05) is 51.6 Å². The zero-order valence-electron chi connectivity index (χ0n) is 18.0. The highest BCUT2D eigenvalue weighted by Crippen LogP contribution is 2.39. The first-order valence-electron chi connectivity index (χ1n) is 11.2. The minimum atomic E-state index is 0.387. The van der Waals surface area contributed by atoms with Gasteiger partial charge in [0.15, 0.2) is 0 Å². The van der Waals surface area contributed by atoms with Gasteiger partial charge in [-0.2, -0.15) is 11.8 Å². The third-order valence-corrected chi connectivity index (χ3v) is 7.12. The van der Waals surface area contributed by atoms with Crippen molar-refractivity contribution in [3.63, 3.8) is 0 Å². The van der Waals surface area contributed by atoms with Gasteiger partial charge >= 0.3 is 0 Å². The average Bonchev–Trinajstić information content (AvgIpc) is 3.16. The van der Waals surface area contributed by atoms with E-state index in [1.54, 1.807) is 0 Å². The molecule has 2 fully saturated rings. The lowest BCUT2D eigenvalue weighted by atomic mass is 9.86. The van der Waals surface area contributed by atoms with E-state index in [0.29, 0.717) is 11.5 Å². The summed E-state index contributed by atoms with van der Waals surface area (Å²) < 4.78 is 5.62. The van der Waals surface area contributed by atoms with Crippen LogP contribution < -0.4 is 0 Å². The fraction of sp³-hybridized carbons (Fsp3) is 1.00. The van der Waals surface area contributed by atoms with E-state index in [1.165, 1.54) is 90.0 Å². The highest BCUT2D eigenvalue weighted by atomic mass is 32.2. The molecule has 0 saturated carbocycles. The Bertz CT molecular complexity index is 379. The van der Waals surface area contributed by atoms with E-state index in [1.807, 2.05) is 0 Å². The van der Waals surface area contributed by atoms with Gasteiger partial charge in [-0.05, 0) is 70.3 Å². The van der Waals surface area contributed by atoms with E-state index in [4.69, 9.17) is 4.74 Å². The van der Waals surface area contributed by atoms with Gasteiger partial charge in [-0.15, -0.1) is 0 Å². The Kier molecular flexibility index (Phi) is 10.3. The number of unbranched alkanes of at least 4 members (excludes halogenated alkanes) is 4. The molecule has 0 aliphatic carbocycles. The summed E-state index contributed by atoms with van der Waals surface area (Å²) in [5.74, 6) is 1.25. The highest BCUT2D eigenvalue weighted by molar-refractivity contribution is 7.99. The van der Waals surface area contributed by atoms with Crippen LogP contribution in [-0.4, -0.2) is 72.8 Å². The fourth-order valence-electron chi connectivity index (χ4n) is 4.72. The maximum atomic E-state index is 5.62. The minimum Gasteiger partial charge on any atom is -0.379 e. The van der Waals surface area contributed by atoms with Crippen LogP contribution in [0.15, 0.2) is 0 Å². The molecular weight excluding hydrogens is 340 g/mol. The second-order valence-corrected chi connectivity index (χ2v) is 10.7. The molecule has 2 atom stereocenters. The maximum Gasteiger partial charge on any atom is 0.0518 e. The van der Waals surface area contributed by atoms with Crippen LogP contribution in [-0.2, 0) is 4.74 Å². The molecule has 0 bridgehead atoms. The van der Waals surface area contributed by atoms with Crippen LogP contribution in [0.2, 0.25) is 0 Å². The smallest absolute Gasteiger partial charge is 0.0518 e. The Labute approximate surface area is 167 Å². The van der Waals surface area contributed by atoms with Gasteiger partial charge in [0.1, 0.15) is 0 Å². The minimum absolute atomic E-state index is 0.387. The summed E-state index contributed by atoms with van der Waals surface area (Å²) in [4.78, 5) is 5.51. The van der Waals surface area contributed by atoms with Gasteiger partial charge in [-0.3, -0.25) is 0 Å². The topological polar surface area (TPSA) is 15.7 Å². The first-order chi connectivity index (χ1) is 12.5. The molecule has 0 N–H and O–H groups in total. The van der Waals surface area contributed by atoms with Crippen LogP contribution in [0.3, 0.4) is 0 Å². The molecule has 154 valence electrons. The summed E-state index contributed by atoms with van der Waals surface area (Å²) in [6, 6.07) is 0. The highest BCUT2D eigenvalue weighted by Gasteiger charge is 2.43. The number of likely N-dealkylation sites (tertiary alicyclic amines) is 2. The second-order valence-electron chi connectivity index (χ2n) is 8.96. The SMILES string of the molecule is CCS[C@@H](C)CN1CCC2(CCN(CCCCCCCOC(C)C)C2)C1. The molecule has 2 saturated heterocycles. The van der Waals surface area contributed by atoms with Crippen LogP contribution in [0.25, 0.3) is 0 Å². The third-order valence-electron chi connectivity index (χ3n) is 6.07. The van der Waals surface area contributed by atoms with E-state index in [2.05, 4.69) is 49.3 Å². The zero-order valence-corrected chi connectivity index (χ0v) is 18.8. The molecule has 3 nitrogen and oxygen atoms in total. The third kappa shape index (κ3) is 8.08. The number of nitrogens with zero attached hydrogens (tertiary/aromatic N) is 2. The second kappa shape index (κ2) is 11.9. The van der Waals surface area contributed by atoms with E-state index in [-0.39, 0.29) is 0 Å². The molecule has 2 heterocycles. The molecule has 0 aromatic carbocycles. The Morgan fingerprint density at radius 2 is 1.58 bits per heavy atom. The molecule has 0 amide bonds. The number of rotatable bonds is 13. The monoisotopic (exact) mass is 384 g/mol. The van der Waals surface area contributed by atoms with Gasteiger partial charge < -0.3 is 14.5 Å². The number of hydrogen-bond donors (Lipinski definition) is 0. The summed E-state index contributed by atoms with van der Waals surface area (Å²) in [6.45, 7) is 17.9. The Morgan fingerprint density at radius 1 is 0.923 bits per heavy atom. The number of thioether (sulfide) groups is 1. The molecule has 2 aliphatic heterocycles. The van der Waals surface area contributed by atoms with Crippen LogP contribution in [0.4, 0.5) is 0 Å². The predicted octanol–water partition coefficient (Wildman–Crippen LogP) is 4.90.